The first-order valence-corrected chi connectivity index (χ1v) is 10.9. The second-order valence-electron chi connectivity index (χ2n) is 7.05. The van der Waals surface area contributed by atoms with Gasteiger partial charge >= 0.3 is 5.97 Å². The lowest BCUT2D eigenvalue weighted by atomic mass is 10.1. The van der Waals surface area contributed by atoms with E-state index in [1.165, 1.54) is 0 Å². The molecule has 0 atom stereocenters. The number of rotatable bonds is 10. The average Bonchev–Trinajstić information content (AvgIpc) is 2.80. The Labute approximate surface area is 184 Å². The summed E-state index contributed by atoms with van der Waals surface area (Å²) in [5.41, 5.74) is 3.36. The second-order valence-corrected chi connectivity index (χ2v) is 7.05. The Kier molecular flexibility index (Phi) is 8.41. The van der Waals surface area contributed by atoms with Gasteiger partial charge in [-0.15, -0.1) is 0 Å². The van der Waals surface area contributed by atoms with Gasteiger partial charge in [0.1, 0.15) is 0 Å². The third-order valence-electron chi connectivity index (χ3n) is 4.95. The summed E-state index contributed by atoms with van der Waals surface area (Å²) in [6.07, 6.45) is 0. The SMILES string of the molecule is CCOC(=O)c1cc(NCc2ccc(OCC)c(OCC)c2)ccc1N1CCOCC1. The van der Waals surface area contributed by atoms with Crippen molar-refractivity contribution in [3.8, 4) is 11.5 Å². The Morgan fingerprint density at radius 3 is 2.42 bits per heavy atom. The molecule has 0 saturated carbocycles. The van der Waals surface area contributed by atoms with E-state index < -0.39 is 0 Å². The first-order chi connectivity index (χ1) is 15.2. The van der Waals surface area contributed by atoms with Crippen molar-refractivity contribution in [2.45, 2.75) is 27.3 Å². The van der Waals surface area contributed by atoms with Crippen LogP contribution in [0.1, 0.15) is 36.7 Å². The number of nitrogens with one attached hydrogen (secondary N) is 1. The van der Waals surface area contributed by atoms with E-state index in [9.17, 15) is 4.79 Å². The topological polar surface area (TPSA) is 69.3 Å². The summed E-state index contributed by atoms with van der Waals surface area (Å²) in [4.78, 5) is 14.8. The molecule has 31 heavy (non-hydrogen) atoms. The minimum atomic E-state index is -0.313. The maximum absolute atomic E-state index is 12.6. The summed E-state index contributed by atoms with van der Waals surface area (Å²) in [7, 11) is 0. The van der Waals surface area contributed by atoms with Crippen LogP contribution in [0.15, 0.2) is 36.4 Å². The highest BCUT2D eigenvalue weighted by molar-refractivity contribution is 5.97. The van der Waals surface area contributed by atoms with Crippen molar-refractivity contribution >= 4 is 17.3 Å². The quantitative estimate of drug-likeness (QED) is 0.571. The molecule has 1 aliphatic heterocycles. The predicted molar refractivity (Wildman–Crippen MR) is 122 cm³/mol. The van der Waals surface area contributed by atoms with Crippen LogP contribution in [0.2, 0.25) is 0 Å². The summed E-state index contributed by atoms with van der Waals surface area (Å²) < 4.78 is 22.1. The fourth-order valence-electron chi connectivity index (χ4n) is 3.51. The zero-order valence-electron chi connectivity index (χ0n) is 18.6. The minimum Gasteiger partial charge on any atom is -0.490 e. The fourth-order valence-corrected chi connectivity index (χ4v) is 3.51. The lowest BCUT2D eigenvalue weighted by molar-refractivity contribution is 0.0526. The van der Waals surface area contributed by atoms with Gasteiger partial charge in [0.15, 0.2) is 11.5 Å². The van der Waals surface area contributed by atoms with E-state index in [0.29, 0.717) is 45.1 Å². The van der Waals surface area contributed by atoms with Gasteiger partial charge in [-0.1, -0.05) is 6.07 Å². The molecule has 7 nitrogen and oxygen atoms in total. The van der Waals surface area contributed by atoms with Crippen molar-refractivity contribution in [2.75, 3.05) is 56.3 Å². The Morgan fingerprint density at radius 1 is 0.968 bits per heavy atom. The summed E-state index contributed by atoms with van der Waals surface area (Å²) in [5.74, 6) is 1.17. The fraction of sp³-hybridized carbons (Fsp3) is 0.458. The molecule has 0 unspecified atom stereocenters. The number of esters is 1. The average molecular weight is 429 g/mol. The Hall–Kier alpha value is -2.93. The standard InChI is InChI=1S/C24H32N2O5/c1-4-29-22-10-7-18(15-23(22)30-5-2)17-25-19-8-9-21(26-11-13-28-14-12-26)20(16-19)24(27)31-6-3/h7-10,15-16,25H,4-6,11-14,17H2,1-3H3. The number of hydrogen-bond donors (Lipinski definition) is 1. The monoisotopic (exact) mass is 428 g/mol. The van der Waals surface area contributed by atoms with E-state index in [1.54, 1.807) is 0 Å². The number of hydrogen-bond acceptors (Lipinski definition) is 7. The molecule has 0 aromatic heterocycles. The summed E-state index contributed by atoms with van der Waals surface area (Å²) in [5, 5.41) is 3.40. The van der Waals surface area contributed by atoms with Crippen LogP contribution < -0.4 is 19.7 Å². The van der Waals surface area contributed by atoms with Gasteiger partial charge in [-0.3, -0.25) is 0 Å². The number of anilines is 2. The maximum Gasteiger partial charge on any atom is 0.340 e. The normalized spacial score (nSPS) is 13.6. The molecule has 2 aromatic carbocycles. The summed E-state index contributed by atoms with van der Waals surface area (Å²) in [6.45, 7) is 10.6. The highest BCUT2D eigenvalue weighted by Gasteiger charge is 2.20. The molecular formula is C24H32N2O5. The molecule has 7 heteroatoms. The maximum atomic E-state index is 12.6. The molecule has 0 spiro atoms. The van der Waals surface area contributed by atoms with Gasteiger partial charge in [0.25, 0.3) is 0 Å². The van der Waals surface area contributed by atoms with Crippen LogP contribution >= 0.6 is 0 Å². The molecule has 1 N–H and O–H groups in total. The highest BCUT2D eigenvalue weighted by Crippen LogP contribution is 2.30. The predicted octanol–water partition coefficient (Wildman–Crippen LogP) is 4.11. The zero-order chi connectivity index (χ0) is 22.1. The van der Waals surface area contributed by atoms with Crippen LogP contribution in [0.4, 0.5) is 11.4 Å². The van der Waals surface area contributed by atoms with Crippen LogP contribution in [-0.2, 0) is 16.0 Å². The largest absolute Gasteiger partial charge is 0.490 e. The van der Waals surface area contributed by atoms with Crippen molar-refractivity contribution < 1.29 is 23.7 Å². The van der Waals surface area contributed by atoms with E-state index in [4.69, 9.17) is 18.9 Å². The Morgan fingerprint density at radius 2 is 1.71 bits per heavy atom. The van der Waals surface area contributed by atoms with Crippen molar-refractivity contribution in [2.24, 2.45) is 0 Å². The number of ether oxygens (including phenoxy) is 4. The minimum absolute atomic E-state index is 0.313. The molecule has 0 aliphatic carbocycles. The second kappa shape index (κ2) is 11.5. The van der Waals surface area contributed by atoms with Crippen LogP contribution in [0, 0.1) is 0 Å². The highest BCUT2D eigenvalue weighted by atomic mass is 16.5. The van der Waals surface area contributed by atoms with Crippen molar-refractivity contribution in [1.29, 1.82) is 0 Å². The van der Waals surface area contributed by atoms with E-state index in [-0.39, 0.29) is 5.97 Å². The summed E-state index contributed by atoms with van der Waals surface area (Å²) in [6, 6.07) is 11.7. The van der Waals surface area contributed by atoms with Gasteiger partial charge in [-0.05, 0) is 56.7 Å². The van der Waals surface area contributed by atoms with Gasteiger partial charge in [0, 0.05) is 25.3 Å². The van der Waals surface area contributed by atoms with Crippen molar-refractivity contribution in [1.82, 2.24) is 0 Å². The molecule has 168 valence electrons. The number of benzene rings is 2. The molecule has 1 aliphatic rings. The van der Waals surface area contributed by atoms with Crippen molar-refractivity contribution in [3.63, 3.8) is 0 Å². The third-order valence-corrected chi connectivity index (χ3v) is 4.95. The van der Waals surface area contributed by atoms with Gasteiger partial charge in [-0.2, -0.15) is 0 Å². The van der Waals surface area contributed by atoms with Gasteiger partial charge in [0.05, 0.1) is 44.3 Å². The van der Waals surface area contributed by atoms with Gasteiger partial charge < -0.3 is 29.2 Å². The Bertz CT molecular complexity index is 865. The first-order valence-electron chi connectivity index (χ1n) is 10.9. The number of carbonyl (C=O) groups is 1. The van der Waals surface area contributed by atoms with Crippen LogP contribution in [0.25, 0.3) is 0 Å². The molecule has 0 bridgehead atoms. The van der Waals surface area contributed by atoms with E-state index in [2.05, 4.69) is 10.2 Å². The first kappa shape index (κ1) is 22.7. The molecule has 0 amide bonds. The van der Waals surface area contributed by atoms with Crippen molar-refractivity contribution in [3.05, 3.63) is 47.5 Å². The van der Waals surface area contributed by atoms with Gasteiger partial charge in [0.2, 0.25) is 0 Å². The molecule has 0 radical (unpaired) electrons. The lowest BCUT2D eigenvalue weighted by Gasteiger charge is -2.30. The molecular weight excluding hydrogens is 396 g/mol. The Balaban J connectivity index is 1.77. The molecule has 1 saturated heterocycles. The summed E-state index contributed by atoms with van der Waals surface area (Å²) >= 11 is 0. The van der Waals surface area contributed by atoms with Crippen LogP contribution in [0.3, 0.4) is 0 Å². The van der Waals surface area contributed by atoms with E-state index in [0.717, 1.165) is 41.5 Å². The van der Waals surface area contributed by atoms with Crippen LogP contribution in [0.5, 0.6) is 11.5 Å². The van der Waals surface area contributed by atoms with E-state index in [1.807, 2.05) is 57.2 Å². The number of carbonyl (C=O) groups excluding carboxylic acids is 1. The molecule has 2 aromatic rings. The number of nitrogens with zero attached hydrogens (tertiary/aromatic N) is 1. The smallest absolute Gasteiger partial charge is 0.340 e. The molecule has 1 heterocycles. The third kappa shape index (κ3) is 6.04. The van der Waals surface area contributed by atoms with E-state index >= 15 is 0 Å². The zero-order valence-corrected chi connectivity index (χ0v) is 18.6. The van der Waals surface area contributed by atoms with Crippen LogP contribution in [-0.4, -0.2) is 52.1 Å². The lowest BCUT2D eigenvalue weighted by Crippen LogP contribution is -2.37. The molecule has 3 rings (SSSR count). The van der Waals surface area contributed by atoms with Gasteiger partial charge in [-0.25, -0.2) is 4.79 Å². The number of morpholine rings is 1. The molecule has 1 fully saturated rings.